The van der Waals surface area contributed by atoms with Gasteiger partial charge in [0.2, 0.25) is 0 Å². The normalized spacial score (nSPS) is 14.5. The number of fused-ring (bicyclic) bond motifs is 14. The van der Waals surface area contributed by atoms with Crippen molar-refractivity contribution in [1.29, 1.82) is 0 Å². The second-order valence-electron chi connectivity index (χ2n) is 14.4. The van der Waals surface area contributed by atoms with E-state index in [0.717, 1.165) is 89.9 Å². The third-order valence-corrected chi connectivity index (χ3v) is 12.0. The van der Waals surface area contributed by atoms with Gasteiger partial charge in [0, 0.05) is 33.3 Å². The summed E-state index contributed by atoms with van der Waals surface area (Å²) in [5.41, 5.74) is 16.3. The van der Waals surface area contributed by atoms with Crippen molar-refractivity contribution in [3.05, 3.63) is 161 Å². The van der Waals surface area contributed by atoms with Gasteiger partial charge in [-0.05, 0) is 99.0 Å². The quantitative estimate of drug-likeness (QED) is 0.151. The van der Waals surface area contributed by atoms with Crippen molar-refractivity contribution in [2.75, 3.05) is 4.90 Å². The zero-order valence-corrected chi connectivity index (χ0v) is 27.7. The van der Waals surface area contributed by atoms with Crippen LogP contribution in [0.15, 0.2) is 145 Å². The zero-order valence-electron chi connectivity index (χ0n) is 27.7. The molecule has 0 saturated heterocycles. The molecule has 0 atom stereocenters. The Morgan fingerprint density at radius 2 is 1.17 bits per heavy atom. The van der Waals surface area contributed by atoms with Crippen molar-refractivity contribution in [1.82, 2.24) is 4.57 Å². The van der Waals surface area contributed by atoms with Gasteiger partial charge in [0.15, 0.2) is 5.43 Å². The molecule has 5 nitrogen and oxygen atoms in total. The molecule has 0 aliphatic carbocycles. The largest absolute Gasteiger partial charge is 0.458 e. The fourth-order valence-corrected chi connectivity index (χ4v) is 9.92. The van der Waals surface area contributed by atoms with Gasteiger partial charge < -0.3 is 18.9 Å². The van der Waals surface area contributed by atoms with E-state index < -0.39 is 0 Å². The topological polar surface area (TPSA) is 43.7 Å². The van der Waals surface area contributed by atoms with Gasteiger partial charge in [0.1, 0.15) is 23.0 Å². The second-order valence-corrected chi connectivity index (χ2v) is 14.4. The molecule has 7 aromatic carbocycles. The summed E-state index contributed by atoms with van der Waals surface area (Å²) in [6.07, 6.45) is 0. The maximum atomic E-state index is 14.3. The number of hydrogen-bond acceptors (Lipinski definition) is 4. The minimum absolute atomic E-state index is 0.0389. The highest BCUT2D eigenvalue weighted by molar-refractivity contribution is 7.02. The Hall–Kier alpha value is -6.72. The highest BCUT2D eigenvalue weighted by Gasteiger charge is 2.47. The second kappa shape index (κ2) is 9.14. The van der Waals surface area contributed by atoms with Gasteiger partial charge in [-0.3, -0.25) is 4.79 Å². The molecule has 5 aliphatic rings. The average Bonchev–Trinajstić information content (AvgIpc) is 3.19. The van der Waals surface area contributed by atoms with Crippen LogP contribution in [0.5, 0.6) is 23.0 Å². The number of para-hydroxylation sites is 4. The predicted molar refractivity (Wildman–Crippen MR) is 212 cm³/mol. The maximum absolute atomic E-state index is 14.3. The van der Waals surface area contributed by atoms with Crippen molar-refractivity contribution < 1.29 is 9.47 Å². The fourth-order valence-electron chi connectivity index (χ4n) is 9.92. The van der Waals surface area contributed by atoms with E-state index in [4.69, 9.17) is 9.47 Å². The SMILES string of the molecule is C=C1c2ccccc2N2c3cc4c(cc3B3c5ccccc5Oc5ccc1c2c53)B1c2ccccc2Oc2ccc3c(=O)c5ccccc5n-4c3c21. The summed E-state index contributed by atoms with van der Waals surface area (Å²) in [5, 5.41) is 1.40. The first-order valence-electron chi connectivity index (χ1n) is 17.7. The average molecular weight is 662 g/mol. The lowest BCUT2D eigenvalue weighted by Crippen LogP contribution is -2.63. The van der Waals surface area contributed by atoms with Crippen molar-refractivity contribution in [3.8, 4) is 28.7 Å². The van der Waals surface area contributed by atoms with Crippen molar-refractivity contribution in [2.24, 2.45) is 0 Å². The van der Waals surface area contributed by atoms with Crippen LogP contribution < -0.4 is 52.6 Å². The minimum atomic E-state index is -0.139. The zero-order chi connectivity index (χ0) is 34.0. The number of pyridine rings is 1. The molecule has 7 heteroatoms. The molecule has 0 fully saturated rings. The Labute approximate surface area is 298 Å². The number of anilines is 3. The molecule has 8 aromatic rings. The van der Waals surface area contributed by atoms with Gasteiger partial charge in [-0.25, -0.2) is 0 Å². The van der Waals surface area contributed by atoms with Crippen LogP contribution >= 0.6 is 0 Å². The number of benzene rings is 7. The molecule has 0 saturated carbocycles. The molecule has 6 heterocycles. The summed E-state index contributed by atoms with van der Waals surface area (Å²) in [7, 11) is 0. The molecule has 238 valence electrons. The highest BCUT2D eigenvalue weighted by atomic mass is 16.5. The van der Waals surface area contributed by atoms with E-state index in [1.807, 2.05) is 42.5 Å². The van der Waals surface area contributed by atoms with Crippen LogP contribution in [0.2, 0.25) is 0 Å². The molecule has 1 aromatic heterocycles. The molecule has 0 unspecified atom stereocenters. The van der Waals surface area contributed by atoms with E-state index in [2.05, 4.69) is 107 Å². The first-order valence-corrected chi connectivity index (χ1v) is 17.7. The molecule has 0 spiro atoms. The van der Waals surface area contributed by atoms with Gasteiger partial charge in [-0.2, -0.15) is 0 Å². The van der Waals surface area contributed by atoms with Crippen LogP contribution in [-0.4, -0.2) is 18.0 Å². The van der Waals surface area contributed by atoms with Gasteiger partial charge in [-0.15, -0.1) is 0 Å². The molecule has 52 heavy (non-hydrogen) atoms. The monoisotopic (exact) mass is 662 g/mol. The Kier molecular flexibility index (Phi) is 4.75. The van der Waals surface area contributed by atoms with Crippen LogP contribution in [0.4, 0.5) is 17.1 Å². The van der Waals surface area contributed by atoms with E-state index in [9.17, 15) is 4.79 Å². The lowest BCUT2D eigenvalue weighted by atomic mass is 9.31. The maximum Gasteiger partial charge on any atom is 0.256 e. The highest BCUT2D eigenvalue weighted by Crippen LogP contribution is 2.51. The fraction of sp³-hybridized carbons (Fsp3) is 0. The Morgan fingerprint density at radius 3 is 2.00 bits per heavy atom. The summed E-state index contributed by atoms with van der Waals surface area (Å²) in [6.45, 7) is 4.43. The number of hydrogen-bond donors (Lipinski definition) is 0. The number of rotatable bonds is 0. The number of aromatic nitrogens is 1. The third kappa shape index (κ3) is 3.05. The number of nitrogens with zero attached hydrogens (tertiary/aromatic N) is 2. The summed E-state index contributed by atoms with van der Waals surface area (Å²) in [5.74, 6) is 3.39. The van der Waals surface area contributed by atoms with Gasteiger partial charge >= 0.3 is 0 Å². The first kappa shape index (κ1) is 27.1. The lowest BCUT2D eigenvalue weighted by Gasteiger charge is -2.45. The summed E-state index contributed by atoms with van der Waals surface area (Å²) >= 11 is 0. The van der Waals surface area contributed by atoms with Gasteiger partial charge in [0.25, 0.3) is 13.4 Å². The molecule has 0 radical (unpaired) electrons. The Bertz CT molecular complexity index is 3110. The van der Waals surface area contributed by atoms with Crippen LogP contribution in [0.1, 0.15) is 11.1 Å². The Balaban J connectivity index is 1.24. The smallest absolute Gasteiger partial charge is 0.256 e. The van der Waals surface area contributed by atoms with E-state index in [0.29, 0.717) is 10.8 Å². The van der Waals surface area contributed by atoms with E-state index in [1.165, 1.54) is 16.4 Å². The minimum Gasteiger partial charge on any atom is -0.458 e. The predicted octanol–water partition coefficient (Wildman–Crippen LogP) is 5.86. The lowest BCUT2D eigenvalue weighted by molar-refractivity contribution is 0.487. The van der Waals surface area contributed by atoms with Crippen LogP contribution in [0, 0.1) is 0 Å². The van der Waals surface area contributed by atoms with Crippen LogP contribution in [0.3, 0.4) is 0 Å². The van der Waals surface area contributed by atoms with Crippen LogP contribution in [0.25, 0.3) is 33.1 Å². The Morgan fingerprint density at radius 1 is 0.519 bits per heavy atom. The van der Waals surface area contributed by atoms with Crippen molar-refractivity contribution >= 4 is 90.6 Å². The molecule has 13 rings (SSSR count). The van der Waals surface area contributed by atoms with E-state index in [1.54, 1.807) is 0 Å². The molecular weight excluding hydrogens is 638 g/mol. The van der Waals surface area contributed by atoms with E-state index in [-0.39, 0.29) is 18.9 Å². The molecule has 0 N–H and O–H groups in total. The summed E-state index contributed by atoms with van der Waals surface area (Å²) in [6, 6.07) is 46.4. The molecular formula is C45H24B2N2O3. The third-order valence-electron chi connectivity index (χ3n) is 12.0. The summed E-state index contributed by atoms with van der Waals surface area (Å²) in [4.78, 5) is 16.7. The summed E-state index contributed by atoms with van der Waals surface area (Å²) < 4.78 is 15.7. The molecule has 0 amide bonds. The molecule has 5 aliphatic heterocycles. The van der Waals surface area contributed by atoms with E-state index >= 15 is 0 Å². The van der Waals surface area contributed by atoms with Crippen molar-refractivity contribution in [2.45, 2.75) is 0 Å². The van der Waals surface area contributed by atoms with Gasteiger partial charge in [0.05, 0.1) is 22.4 Å². The standard InChI is InChI=1S/C45H24B2N2O3/c1-24-25-10-2-6-14-33(25)48-35-23-36-32(22-31(35)46-29-12-4-8-16-37(29)51-39-20-18-26(24)43(48)41(39)46)47-30-13-5-9-17-38(30)52-40-21-19-28-44(42(40)47)49(36)34-15-7-3-11-27(34)45(28)50/h2-23H,1H2. The van der Waals surface area contributed by atoms with Gasteiger partial charge in [-0.1, -0.05) is 79.4 Å². The first-order chi connectivity index (χ1) is 25.7. The van der Waals surface area contributed by atoms with Crippen LogP contribution in [-0.2, 0) is 0 Å². The number of ether oxygens (including phenoxy) is 2. The van der Waals surface area contributed by atoms with Crippen molar-refractivity contribution in [3.63, 3.8) is 0 Å². The molecule has 0 bridgehead atoms.